The number of nitrogens with one attached hydrogen (secondary N) is 2. The molecule has 4 aliphatic rings. The van der Waals surface area contributed by atoms with Gasteiger partial charge in [-0.2, -0.15) is 5.10 Å². The largest absolute Gasteiger partial charge is 0.375 e. The molecule has 0 saturated heterocycles. The molecule has 0 aromatic carbocycles. The van der Waals surface area contributed by atoms with Gasteiger partial charge >= 0.3 is 0 Å². The number of Topliss-reactive ketones (excluding diaryl/α,β-unsaturated/α-hetero) is 1. The highest BCUT2D eigenvalue weighted by molar-refractivity contribution is 7.80. The van der Waals surface area contributed by atoms with Crippen LogP contribution in [0.2, 0.25) is 0 Å². The Morgan fingerprint density at radius 3 is 2.25 bits per heavy atom. The molecule has 4 N–H and O–H groups in total. The zero-order valence-corrected chi connectivity index (χ0v) is 17.7. The standard InChI is InChI=1S/C21H34N4O2S/c1-2-3-4-5-6-17(26)12-18(24-25-21(22)28)20(27)23-19-15-8-13-7-14(10-15)11-16(19)9-13/h13-16,19H,2-12H2,1H3,(H,23,27)(H3,22,25,28)/b24-18+. The van der Waals surface area contributed by atoms with Crippen LogP contribution >= 0.6 is 12.2 Å². The Labute approximate surface area is 173 Å². The molecule has 0 spiro atoms. The summed E-state index contributed by atoms with van der Waals surface area (Å²) in [5.41, 5.74) is 8.15. The number of carbonyl (C=O) groups excluding carboxylic acids is 2. The molecule has 0 heterocycles. The fraction of sp³-hybridized carbons (Fsp3) is 0.810. The summed E-state index contributed by atoms with van der Waals surface area (Å²) in [5.74, 6) is 2.65. The first kappa shape index (κ1) is 21.2. The van der Waals surface area contributed by atoms with E-state index in [2.05, 4.69) is 22.8 Å². The summed E-state index contributed by atoms with van der Waals surface area (Å²) in [6, 6.07) is 0.218. The molecule has 7 heteroatoms. The third-order valence-corrected chi connectivity index (χ3v) is 6.85. The van der Waals surface area contributed by atoms with Crippen LogP contribution in [0.4, 0.5) is 0 Å². The number of amides is 1. The number of hydrazone groups is 1. The molecule has 1 amide bonds. The molecule has 6 nitrogen and oxygen atoms in total. The van der Waals surface area contributed by atoms with Crippen LogP contribution in [0, 0.1) is 23.7 Å². The van der Waals surface area contributed by atoms with Crippen LogP contribution in [-0.4, -0.2) is 28.6 Å². The first-order valence-corrected chi connectivity index (χ1v) is 11.3. The molecular weight excluding hydrogens is 372 g/mol. The van der Waals surface area contributed by atoms with E-state index in [1.807, 2.05) is 0 Å². The highest BCUT2D eigenvalue weighted by atomic mass is 32.1. The third kappa shape index (κ3) is 5.52. The van der Waals surface area contributed by atoms with E-state index in [1.165, 1.54) is 32.1 Å². The summed E-state index contributed by atoms with van der Waals surface area (Å²) in [7, 11) is 0. The third-order valence-electron chi connectivity index (χ3n) is 6.76. The van der Waals surface area contributed by atoms with Crippen molar-refractivity contribution < 1.29 is 9.59 Å². The molecule has 4 saturated carbocycles. The van der Waals surface area contributed by atoms with E-state index in [1.54, 1.807) is 0 Å². The molecule has 4 bridgehead atoms. The van der Waals surface area contributed by atoms with E-state index in [0.29, 0.717) is 18.3 Å². The highest BCUT2D eigenvalue weighted by Crippen LogP contribution is 2.53. The summed E-state index contributed by atoms with van der Waals surface area (Å²) in [6.45, 7) is 2.14. The van der Waals surface area contributed by atoms with Crippen LogP contribution in [-0.2, 0) is 9.59 Å². The summed E-state index contributed by atoms with van der Waals surface area (Å²) < 4.78 is 0. The number of rotatable bonds is 10. The van der Waals surface area contributed by atoms with Crippen molar-refractivity contribution in [1.82, 2.24) is 10.7 Å². The van der Waals surface area contributed by atoms with Gasteiger partial charge in [0.25, 0.3) is 5.91 Å². The molecule has 0 unspecified atom stereocenters. The van der Waals surface area contributed by atoms with Gasteiger partial charge < -0.3 is 11.1 Å². The lowest BCUT2D eigenvalue weighted by atomic mass is 9.54. The Hall–Kier alpha value is -1.50. The van der Waals surface area contributed by atoms with Gasteiger partial charge in [0.2, 0.25) is 0 Å². The molecule has 0 aromatic heterocycles. The topological polar surface area (TPSA) is 96.6 Å². The Balaban J connectivity index is 1.58. The van der Waals surface area contributed by atoms with Crippen molar-refractivity contribution in [1.29, 1.82) is 0 Å². The Morgan fingerprint density at radius 2 is 1.68 bits per heavy atom. The van der Waals surface area contributed by atoms with Crippen LogP contribution in [0.3, 0.4) is 0 Å². The van der Waals surface area contributed by atoms with Gasteiger partial charge in [-0.15, -0.1) is 0 Å². The minimum Gasteiger partial charge on any atom is -0.375 e. The molecule has 0 radical (unpaired) electrons. The number of nitrogens with zero attached hydrogens (tertiary/aromatic N) is 1. The predicted molar refractivity (Wildman–Crippen MR) is 115 cm³/mol. The van der Waals surface area contributed by atoms with Crippen LogP contribution in [0.15, 0.2) is 5.10 Å². The van der Waals surface area contributed by atoms with Crippen molar-refractivity contribution in [2.75, 3.05) is 0 Å². The monoisotopic (exact) mass is 406 g/mol. The molecule has 4 aliphatic carbocycles. The number of hydrogen-bond donors (Lipinski definition) is 3. The first-order chi connectivity index (χ1) is 13.5. The summed E-state index contributed by atoms with van der Waals surface area (Å²) in [4.78, 5) is 25.3. The van der Waals surface area contributed by atoms with E-state index in [-0.39, 0.29) is 35.0 Å². The van der Waals surface area contributed by atoms with Crippen molar-refractivity contribution in [2.45, 2.75) is 83.6 Å². The molecule has 28 heavy (non-hydrogen) atoms. The normalized spacial score (nSPS) is 30.9. The molecule has 156 valence electrons. The first-order valence-electron chi connectivity index (χ1n) is 10.9. The van der Waals surface area contributed by atoms with E-state index in [0.717, 1.165) is 37.5 Å². The maximum atomic E-state index is 12.9. The minimum atomic E-state index is -0.247. The van der Waals surface area contributed by atoms with Gasteiger partial charge in [0.15, 0.2) is 5.11 Å². The van der Waals surface area contributed by atoms with Gasteiger partial charge in [-0.25, -0.2) is 0 Å². The van der Waals surface area contributed by atoms with Gasteiger partial charge in [-0.05, 0) is 74.4 Å². The lowest BCUT2D eigenvalue weighted by molar-refractivity contribution is -0.121. The molecular formula is C21H34N4O2S. The zero-order valence-electron chi connectivity index (χ0n) is 16.9. The maximum absolute atomic E-state index is 12.9. The predicted octanol–water partition coefficient (Wildman–Crippen LogP) is 3.05. The number of hydrogen-bond acceptors (Lipinski definition) is 4. The SMILES string of the molecule is CCCCCCC(=O)C/C(=N\NC(N)=S)C(=O)NC1C2CC3CC(C2)CC1C3. The number of unbranched alkanes of at least 4 members (excludes halogenated alkanes) is 3. The summed E-state index contributed by atoms with van der Waals surface area (Å²) in [5, 5.41) is 7.28. The van der Waals surface area contributed by atoms with E-state index in [9.17, 15) is 9.59 Å². The minimum absolute atomic E-state index is 0.00433. The van der Waals surface area contributed by atoms with Gasteiger partial charge in [0, 0.05) is 12.5 Å². The van der Waals surface area contributed by atoms with Crippen LogP contribution in [0.1, 0.15) is 77.6 Å². The second kappa shape index (κ2) is 9.81. The van der Waals surface area contributed by atoms with E-state index >= 15 is 0 Å². The van der Waals surface area contributed by atoms with Gasteiger partial charge in [0.05, 0.1) is 6.42 Å². The Kier molecular flexibility index (Phi) is 7.43. The van der Waals surface area contributed by atoms with E-state index < -0.39 is 0 Å². The summed E-state index contributed by atoms with van der Waals surface area (Å²) in [6.07, 6.45) is 11.0. The Morgan fingerprint density at radius 1 is 1.04 bits per heavy atom. The van der Waals surface area contributed by atoms with Crippen molar-refractivity contribution in [3.63, 3.8) is 0 Å². The molecule has 0 aliphatic heterocycles. The number of thiocarbonyl (C=S) groups is 1. The maximum Gasteiger partial charge on any atom is 0.268 e. The lowest BCUT2D eigenvalue weighted by Crippen LogP contribution is -2.57. The van der Waals surface area contributed by atoms with Crippen LogP contribution in [0.25, 0.3) is 0 Å². The fourth-order valence-corrected chi connectivity index (χ4v) is 5.76. The summed E-state index contributed by atoms with van der Waals surface area (Å²) >= 11 is 4.80. The Bertz CT molecular complexity index is 606. The van der Waals surface area contributed by atoms with Crippen molar-refractivity contribution >= 4 is 34.7 Å². The van der Waals surface area contributed by atoms with Crippen molar-refractivity contribution in [3.8, 4) is 0 Å². The molecule has 4 rings (SSSR count). The van der Waals surface area contributed by atoms with Crippen LogP contribution < -0.4 is 16.5 Å². The van der Waals surface area contributed by atoms with E-state index in [4.69, 9.17) is 18.0 Å². The second-order valence-electron chi connectivity index (χ2n) is 8.99. The number of carbonyl (C=O) groups is 2. The van der Waals surface area contributed by atoms with Gasteiger partial charge in [-0.3, -0.25) is 15.0 Å². The molecule has 0 atom stereocenters. The smallest absolute Gasteiger partial charge is 0.268 e. The zero-order chi connectivity index (χ0) is 20.1. The average Bonchev–Trinajstić information content (AvgIpc) is 2.64. The van der Waals surface area contributed by atoms with Crippen LogP contribution in [0.5, 0.6) is 0 Å². The fourth-order valence-electron chi connectivity index (χ4n) is 5.71. The van der Waals surface area contributed by atoms with Gasteiger partial charge in [-0.1, -0.05) is 26.2 Å². The molecule has 4 fully saturated rings. The molecule has 0 aromatic rings. The number of ketones is 1. The van der Waals surface area contributed by atoms with Crippen molar-refractivity contribution in [3.05, 3.63) is 0 Å². The number of nitrogens with two attached hydrogens (primary N) is 1. The van der Waals surface area contributed by atoms with Crippen molar-refractivity contribution in [2.24, 2.45) is 34.5 Å². The van der Waals surface area contributed by atoms with Gasteiger partial charge in [0.1, 0.15) is 11.5 Å². The highest BCUT2D eigenvalue weighted by Gasteiger charge is 2.48. The second-order valence-corrected chi connectivity index (χ2v) is 9.43. The quantitative estimate of drug-likeness (QED) is 0.224. The average molecular weight is 407 g/mol. The lowest BCUT2D eigenvalue weighted by Gasteiger charge is -2.54.